The third-order valence-corrected chi connectivity index (χ3v) is 4.10. The number of aromatic nitrogens is 3. The molecule has 1 aliphatic rings. The van der Waals surface area contributed by atoms with E-state index in [0.717, 1.165) is 24.3 Å². The lowest BCUT2D eigenvalue weighted by atomic mass is 10.2. The van der Waals surface area contributed by atoms with Gasteiger partial charge in [-0.25, -0.2) is 4.68 Å². The molecule has 1 fully saturated rings. The van der Waals surface area contributed by atoms with Crippen LogP contribution in [-0.2, 0) is 4.79 Å². The first-order chi connectivity index (χ1) is 12.4. The highest BCUT2D eigenvalue weighted by Crippen LogP contribution is 2.28. The molecule has 1 heterocycles. The summed E-state index contributed by atoms with van der Waals surface area (Å²) in [5.41, 5.74) is 1.51. The van der Waals surface area contributed by atoms with Crippen LogP contribution in [0.2, 0.25) is 0 Å². The summed E-state index contributed by atoms with van der Waals surface area (Å²) in [5, 5.41) is 17.1. The van der Waals surface area contributed by atoms with E-state index in [4.69, 9.17) is 9.84 Å². The van der Waals surface area contributed by atoms with Crippen LogP contribution in [0.3, 0.4) is 0 Å². The fourth-order valence-electron chi connectivity index (χ4n) is 2.74. The van der Waals surface area contributed by atoms with Crippen molar-refractivity contribution in [3.05, 3.63) is 35.7 Å². The smallest absolute Gasteiger partial charge is 0.323 e. The van der Waals surface area contributed by atoms with E-state index >= 15 is 0 Å². The van der Waals surface area contributed by atoms with E-state index in [0.29, 0.717) is 5.69 Å². The van der Waals surface area contributed by atoms with E-state index in [-0.39, 0.29) is 24.4 Å². The summed E-state index contributed by atoms with van der Waals surface area (Å²) in [6.45, 7) is 5.33. The molecule has 1 N–H and O–H groups in total. The van der Waals surface area contributed by atoms with Crippen LogP contribution in [-0.4, -0.2) is 55.6 Å². The minimum absolute atomic E-state index is 0.0179. The number of rotatable bonds is 7. The molecule has 1 aromatic heterocycles. The number of hydrogen-bond donors (Lipinski definition) is 1. The molecule has 3 rings (SSSR count). The molecule has 138 valence electrons. The first-order valence-corrected chi connectivity index (χ1v) is 8.59. The molecule has 0 bridgehead atoms. The summed E-state index contributed by atoms with van der Waals surface area (Å²) >= 11 is 0. The second-order valence-electron chi connectivity index (χ2n) is 6.65. The summed E-state index contributed by atoms with van der Waals surface area (Å²) in [5.74, 6) is -0.673. The van der Waals surface area contributed by atoms with Crippen molar-refractivity contribution in [2.75, 3.05) is 6.54 Å². The lowest BCUT2D eigenvalue weighted by Crippen LogP contribution is -2.38. The normalized spacial score (nSPS) is 13.7. The Bertz CT molecular complexity index is 809. The second-order valence-corrected chi connectivity index (χ2v) is 6.65. The highest BCUT2D eigenvalue weighted by Gasteiger charge is 2.36. The Labute approximate surface area is 151 Å². The molecule has 0 aliphatic heterocycles. The lowest BCUT2D eigenvalue weighted by molar-refractivity contribution is -0.137. The van der Waals surface area contributed by atoms with Gasteiger partial charge in [0.05, 0.1) is 17.5 Å². The number of ether oxygens (including phenoxy) is 1. The largest absolute Gasteiger partial charge is 0.491 e. The molecule has 0 radical (unpaired) electrons. The summed E-state index contributed by atoms with van der Waals surface area (Å²) in [6.07, 6.45) is 1.73. The van der Waals surface area contributed by atoms with Gasteiger partial charge < -0.3 is 14.7 Å². The number of amides is 1. The average molecular weight is 358 g/mol. The average Bonchev–Trinajstić information content (AvgIpc) is 3.35. The van der Waals surface area contributed by atoms with Crippen LogP contribution in [0.4, 0.5) is 0 Å². The van der Waals surface area contributed by atoms with Crippen LogP contribution in [0.15, 0.2) is 24.3 Å². The van der Waals surface area contributed by atoms with Crippen molar-refractivity contribution in [3.63, 3.8) is 0 Å². The zero-order chi connectivity index (χ0) is 18.8. The molecule has 1 aromatic carbocycles. The van der Waals surface area contributed by atoms with Crippen molar-refractivity contribution >= 4 is 11.9 Å². The number of carbonyl (C=O) groups excluding carboxylic acids is 1. The highest BCUT2D eigenvalue weighted by molar-refractivity contribution is 5.95. The van der Waals surface area contributed by atoms with Gasteiger partial charge in [-0.1, -0.05) is 5.21 Å². The predicted molar refractivity (Wildman–Crippen MR) is 93.6 cm³/mol. The summed E-state index contributed by atoms with van der Waals surface area (Å²) in [4.78, 5) is 25.1. The third-order valence-electron chi connectivity index (χ3n) is 4.10. The van der Waals surface area contributed by atoms with Crippen LogP contribution in [0.1, 0.15) is 42.9 Å². The molecule has 8 nitrogen and oxygen atoms in total. The maximum atomic E-state index is 12.7. The number of aliphatic carboxylic acids is 1. The summed E-state index contributed by atoms with van der Waals surface area (Å²) in [6, 6.07) is 7.32. The molecule has 0 unspecified atom stereocenters. The van der Waals surface area contributed by atoms with Crippen LogP contribution in [0.5, 0.6) is 5.75 Å². The molecule has 1 saturated carbocycles. The van der Waals surface area contributed by atoms with Crippen molar-refractivity contribution in [1.82, 2.24) is 19.9 Å². The Morgan fingerprint density at radius 3 is 2.50 bits per heavy atom. The molecule has 0 saturated heterocycles. The summed E-state index contributed by atoms with van der Waals surface area (Å²) in [7, 11) is 0. The van der Waals surface area contributed by atoms with Gasteiger partial charge in [0.25, 0.3) is 5.91 Å². The number of hydrogen-bond acceptors (Lipinski definition) is 5. The summed E-state index contributed by atoms with van der Waals surface area (Å²) < 4.78 is 7.19. The van der Waals surface area contributed by atoms with Gasteiger partial charge in [-0.05, 0) is 57.9 Å². The lowest BCUT2D eigenvalue weighted by Gasteiger charge is -2.19. The molecule has 0 atom stereocenters. The van der Waals surface area contributed by atoms with Gasteiger partial charge in [0, 0.05) is 6.04 Å². The molecule has 1 amide bonds. The SMILES string of the molecule is Cc1c(C(=O)N(CC(=O)O)C2CC2)nnn1-c1ccc(OC(C)C)cc1. The fourth-order valence-corrected chi connectivity index (χ4v) is 2.74. The Kier molecular flexibility index (Phi) is 4.92. The highest BCUT2D eigenvalue weighted by atomic mass is 16.5. The first-order valence-electron chi connectivity index (χ1n) is 8.59. The topological polar surface area (TPSA) is 97.5 Å². The van der Waals surface area contributed by atoms with Crippen LogP contribution in [0.25, 0.3) is 5.69 Å². The van der Waals surface area contributed by atoms with Crippen molar-refractivity contribution < 1.29 is 19.4 Å². The van der Waals surface area contributed by atoms with Crippen LogP contribution < -0.4 is 4.74 Å². The fraction of sp³-hybridized carbons (Fsp3) is 0.444. The number of carboxylic acids is 1. The van der Waals surface area contributed by atoms with Gasteiger partial charge in [0.1, 0.15) is 12.3 Å². The van der Waals surface area contributed by atoms with Gasteiger partial charge in [0.15, 0.2) is 5.69 Å². The molecular formula is C18H22N4O4. The minimum Gasteiger partial charge on any atom is -0.491 e. The van der Waals surface area contributed by atoms with Crippen LogP contribution >= 0.6 is 0 Å². The Morgan fingerprint density at radius 1 is 1.31 bits per heavy atom. The number of nitrogens with zero attached hydrogens (tertiary/aromatic N) is 4. The second kappa shape index (κ2) is 7.15. The molecule has 1 aliphatic carbocycles. The molecular weight excluding hydrogens is 336 g/mol. The van der Waals surface area contributed by atoms with E-state index < -0.39 is 11.9 Å². The molecule has 26 heavy (non-hydrogen) atoms. The molecule has 0 spiro atoms. The van der Waals surface area contributed by atoms with Crippen molar-refractivity contribution in [2.45, 2.75) is 45.8 Å². The van der Waals surface area contributed by atoms with Crippen LogP contribution in [0, 0.1) is 6.92 Å². The van der Waals surface area contributed by atoms with Crippen molar-refractivity contribution in [2.24, 2.45) is 0 Å². The standard InChI is InChI=1S/C18H22N4O4/c1-11(2)26-15-8-6-14(7-9-15)22-12(3)17(19-20-22)18(25)21(10-16(23)24)13-4-5-13/h6-9,11,13H,4-5,10H2,1-3H3,(H,23,24). The van der Waals surface area contributed by atoms with E-state index in [1.165, 1.54) is 4.90 Å². The zero-order valence-corrected chi connectivity index (χ0v) is 15.0. The quantitative estimate of drug-likeness (QED) is 0.813. The first kappa shape index (κ1) is 17.9. The number of carbonyl (C=O) groups is 2. The molecule has 8 heteroatoms. The van der Waals surface area contributed by atoms with Crippen molar-refractivity contribution in [1.29, 1.82) is 0 Å². The van der Waals surface area contributed by atoms with Crippen molar-refractivity contribution in [3.8, 4) is 11.4 Å². The van der Waals surface area contributed by atoms with E-state index in [2.05, 4.69) is 10.3 Å². The minimum atomic E-state index is -1.03. The van der Waals surface area contributed by atoms with E-state index in [9.17, 15) is 9.59 Å². The Balaban J connectivity index is 1.83. The van der Waals surface area contributed by atoms with Gasteiger partial charge in [0.2, 0.25) is 0 Å². The van der Waals surface area contributed by atoms with Gasteiger partial charge in [-0.3, -0.25) is 9.59 Å². The third kappa shape index (κ3) is 3.84. The zero-order valence-electron chi connectivity index (χ0n) is 15.0. The van der Waals surface area contributed by atoms with E-state index in [1.807, 2.05) is 38.1 Å². The maximum absolute atomic E-state index is 12.7. The van der Waals surface area contributed by atoms with Gasteiger partial charge in [-0.2, -0.15) is 0 Å². The van der Waals surface area contributed by atoms with Gasteiger partial charge in [-0.15, -0.1) is 5.10 Å². The maximum Gasteiger partial charge on any atom is 0.323 e. The Morgan fingerprint density at radius 2 is 1.96 bits per heavy atom. The molecule has 2 aromatic rings. The Hall–Kier alpha value is -2.90. The number of carboxylic acid groups (broad SMARTS) is 1. The monoisotopic (exact) mass is 358 g/mol. The predicted octanol–water partition coefficient (Wildman–Crippen LogP) is 2.05. The van der Waals surface area contributed by atoms with E-state index in [1.54, 1.807) is 11.6 Å². The number of benzene rings is 1. The van der Waals surface area contributed by atoms with Gasteiger partial charge >= 0.3 is 5.97 Å².